The molecule has 1 unspecified atom stereocenters. The van der Waals surface area contributed by atoms with Gasteiger partial charge in [0.25, 0.3) is 5.91 Å². The van der Waals surface area contributed by atoms with E-state index in [1.54, 1.807) is 0 Å². The highest BCUT2D eigenvalue weighted by atomic mass is 16.3. The fourth-order valence-electron chi connectivity index (χ4n) is 2.43. The SMILES string of the molecule is Cc1[nH]c2c(C(=O)NCCC(O)C(C)C)cccc2c1C. The van der Waals surface area contributed by atoms with Crippen molar-refractivity contribution >= 4 is 16.8 Å². The number of benzene rings is 1. The summed E-state index contributed by atoms with van der Waals surface area (Å²) in [7, 11) is 0. The van der Waals surface area contributed by atoms with Crippen LogP contribution in [0.5, 0.6) is 0 Å². The fraction of sp³-hybridized carbons (Fsp3) is 0.471. The Hall–Kier alpha value is -1.81. The van der Waals surface area contributed by atoms with Crippen LogP contribution in [0.1, 0.15) is 41.9 Å². The predicted molar refractivity (Wildman–Crippen MR) is 85.6 cm³/mol. The quantitative estimate of drug-likeness (QED) is 0.792. The van der Waals surface area contributed by atoms with Crippen molar-refractivity contribution in [3.05, 3.63) is 35.0 Å². The molecule has 114 valence electrons. The van der Waals surface area contributed by atoms with E-state index in [1.807, 2.05) is 39.0 Å². The van der Waals surface area contributed by atoms with Gasteiger partial charge in [-0.25, -0.2) is 0 Å². The minimum absolute atomic E-state index is 0.0993. The molecule has 1 heterocycles. The number of aromatic amines is 1. The minimum Gasteiger partial charge on any atom is -0.393 e. The molecule has 4 heteroatoms. The summed E-state index contributed by atoms with van der Waals surface area (Å²) < 4.78 is 0. The van der Waals surface area contributed by atoms with Crippen molar-refractivity contribution < 1.29 is 9.90 Å². The number of aryl methyl sites for hydroxylation is 2. The molecule has 2 rings (SSSR count). The molecule has 4 nitrogen and oxygen atoms in total. The molecule has 2 aromatic rings. The number of rotatable bonds is 5. The monoisotopic (exact) mass is 288 g/mol. The highest BCUT2D eigenvalue weighted by Gasteiger charge is 2.14. The van der Waals surface area contributed by atoms with Gasteiger partial charge >= 0.3 is 0 Å². The van der Waals surface area contributed by atoms with Crippen molar-refractivity contribution in [2.75, 3.05) is 6.54 Å². The van der Waals surface area contributed by atoms with Crippen LogP contribution >= 0.6 is 0 Å². The van der Waals surface area contributed by atoms with Crippen molar-refractivity contribution in [3.8, 4) is 0 Å². The van der Waals surface area contributed by atoms with Crippen molar-refractivity contribution in [2.24, 2.45) is 5.92 Å². The number of hydrogen-bond donors (Lipinski definition) is 3. The van der Waals surface area contributed by atoms with Crippen molar-refractivity contribution in [1.29, 1.82) is 0 Å². The van der Waals surface area contributed by atoms with Gasteiger partial charge in [0.2, 0.25) is 0 Å². The lowest BCUT2D eigenvalue weighted by molar-refractivity contribution is 0.0921. The first-order valence-corrected chi connectivity index (χ1v) is 7.46. The molecular weight excluding hydrogens is 264 g/mol. The van der Waals surface area contributed by atoms with E-state index in [4.69, 9.17) is 0 Å². The Kier molecular flexibility index (Phi) is 4.68. The molecule has 1 atom stereocenters. The van der Waals surface area contributed by atoms with E-state index >= 15 is 0 Å². The summed E-state index contributed by atoms with van der Waals surface area (Å²) in [5, 5.41) is 13.7. The van der Waals surface area contributed by atoms with Gasteiger partial charge in [0, 0.05) is 17.6 Å². The Bertz CT molecular complexity index is 644. The number of nitrogens with one attached hydrogen (secondary N) is 2. The molecule has 0 aliphatic heterocycles. The standard InChI is InChI=1S/C17H24N2O2/c1-10(2)15(20)8-9-18-17(21)14-7-5-6-13-11(3)12(4)19-16(13)14/h5-7,10,15,19-20H,8-9H2,1-4H3,(H,18,21). The lowest BCUT2D eigenvalue weighted by atomic mass is 10.0. The number of carbonyl (C=O) groups excluding carboxylic acids is 1. The van der Waals surface area contributed by atoms with E-state index in [-0.39, 0.29) is 17.9 Å². The zero-order chi connectivity index (χ0) is 15.6. The van der Waals surface area contributed by atoms with E-state index < -0.39 is 0 Å². The van der Waals surface area contributed by atoms with E-state index in [2.05, 4.69) is 17.2 Å². The third-order valence-corrected chi connectivity index (χ3v) is 4.08. The number of H-pyrrole nitrogens is 1. The van der Waals surface area contributed by atoms with Crippen LogP contribution in [-0.2, 0) is 0 Å². The topological polar surface area (TPSA) is 65.1 Å². The van der Waals surface area contributed by atoms with Crippen molar-refractivity contribution in [3.63, 3.8) is 0 Å². The molecular formula is C17H24N2O2. The fourth-order valence-corrected chi connectivity index (χ4v) is 2.43. The first-order valence-electron chi connectivity index (χ1n) is 7.46. The van der Waals surface area contributed by atoms with Gasteiger partial charge in [0.15, 0.2) is 0 Å². The number of carbonyl (C=O) groups is 1. The van der Waals surface area contributed by atoms with Crippen LogP contribution in [0.3, 0.4) is 0 Å². The second kappa shape index (κ2) is 6.31. The second-order valence-electron chi connectivity index (χ2n) is 5.96. The van der Waals surface area contributed by atoms with E-state index in [9.17, 15) is 9.90 Å². The third-order valence-electron chi connectivity index (χ3n) is 4.08. The molecule has 0 bridgehead atoms. The Labute approximate surface area is 125 Å². The van der Waals surface area contributed by atoms with Crippen molar-refractivity contribution in [2.45, 2.75) is 40.2 Å². The number of hydrogen-bond acceptors (Lipinski definition) is 2. The molecule has 0 aliphatic carbocycles. The molecule has 0 saturated heterocycles. The van der Waals surface area contributed by atoms with E-state index in [0.717, 1.165) is 16.6 Å². The van der Waals surface area contributed by atoms with Gasteiger partial charge in [-0.05, 0) is 37.8 Å². The normalized spacial score (nSPS) is 12.9. The Morgan fingerprint density at radius 2 is 2.05 bits per heavy atom. The van der Waals surface area contributed by atoms with Gasteiger partial charge in [-0.3, -0.25) is 4.79 Å². The van der Waals surface area contributed by atoms with Crippen LogP contribution in [0.15, 0.2) is 18.2 Å². The largest absolute Gasteiger partial charge is 0.393 e. The van der Waals surface area contributed by atoms with Crippen LogP contribution in [0.2, 0.25) is 0 Å². The summed E-state index contributed by atoms with van der Waals surface area (Å²) >= 11 is 0. The summed E-state index contributed by atoms with van der Waals surface area (Å²) in [4.78, 5) is 15.6. The maximum Gasteiger partial charge on any atom is 0.253 e. The molecule has 0 fully saturated rings. The number of fused-ring (bicyclic) bond motifs is 1. The molecule has 0 aliphatic rings. The molecule has 1 aromatic carbocycles. The molecule has 21 heavy (non-hydrogen) atoms. The minimum atomic E-state index is -0.379. The Morgan fingerprint density at radius 1 is 1.33 bits per heavy atom. The zero-order valence-electron chi connectivity index (χ0n) is 13.2. The first-order chi connectivity index (χ1) is 9.91. The summed E-state index contributed by atoms with van der Waals surface area (Å²) in [5.74, 6) is 0.108. The van der Waals surface area contributed by atoms with Gasteiger partial charge < -0.3 is 15.4 Å². The lowest BCUT2D eigenvalue weighted by Crippen LogP contribution is -2.28. The number of aliphatic hydroxyl groups is 1. The van der Waals surface area contributed by atoms with Gasteiger partial charge in [-0.15, -0.1) is 0 Å². The average Bonchev–Trinajstić information content (AvgIpc) is 2.74. The van der Waals surface area contributed by atoms with Crippen molar-refractivity contribution in [1.82, 2.24) is 10.3 Å². The third kappa shape index (κ3) is 3.27. The van der Waals surface area contributed by atoms with Crippen LogP contribution in [0, 0.1) is 19.8 Å². The zero-order valence-corrected chi connectivity index (χ0v) is 13.2. The van der Waals surface area contributed by atoms with Crippen LogP contribution < -0.4 is 5.32 Å². The molecule has 1 aromatic heterocycles. The number of amides is 1. The highest BCUT2D eigenvalue weighted by Crippen LogP contribution is 2.24. The van der Waals surface area contributed by atoms with E-state index in [1.165, 1.54) is 5.56 Å². The number of para-hydroxylation sites is 1. The van der Waals surface area contributed by atoms with Gasteiger partial charge in [0.1, 0.15) is 0 Å². The summed E-state index contributed by atoms with van der Waals surface area (Å²) in [5.41, 5.74) is 3.80. The summed E-state index contributed by atoms with van der Waals surface area (Å²) in [6.45, 7) is 8.48. The Morgan fingerprint density at radius 3 is 2.71 bits per heavy atom. The molecule has 0 spiro atoms. The Balaban J connectivity index is 2.11. The molecule has 0 saturated carbocycles. The lowest BCUT2D eigenvalue weighted by Gasteiger charge is -2.14. The van der Waals surface area contributed by atoms with Gasteiger partial charge in [-0.1, -0.05) is 26.0 Å². The number of aliphatic hydroxyl groups excluding tert-OH is 1. The summed E-state index contributed by atoms with van der Waals surface area (Å²) in [6, 6.07) is 5.75. The van der Waals surface area contributed by atoms with Crippen LogP contribution in [0.4, 0.5) is 0 Å². The maximum absolute atomic E-state index is 12.3. The average molecular weight is 288 g/mol. The maximum atomic E-state index is 12.3. The van der Waals surface area contributed by atoms with Crippen LogP contribution in [-0.4, -0.2) is 28.6 Å². The van der Waals surface area contributed by atoms with E-state index in [0.29, 0.717) is 18.5 Å². The highest BCUT2D eigenvalue weighted by molar-refractivity contribution is 6.06. The van der Waals surface area contributed by atoms with Gasteiger partial charge in [0.05, 0.1) is 17.2 Å². The van der Waals surface area contributed by atoms with Crippen LogP contribution in [0.25, 0.3) is 10.9 Å². The molecule has 3 N–H and O–H groups in total. The molecule has 0 radical (unpaired) electrons. The number of aromatic nitrogens is 1. The summed E-state index contributed by atoms with van der Waals surface area (Å²) in [6.07, 6.45) is 0.193. The second-order valence-corrected chi connectivity index (χ2v) is 5.96. The first kappa shape index (κ1) is 15.6. The molecule has 1 amide bonds. The predicted octanol–water partition coefficient (Wildman–Crippen LogP) is 2.92. The van der Waals surface area contributed by atoms with Gasteiger partial charge in [-0.2, -0.15) is 0 Å². The smallest absolute Gasteiger partial charge is 0.253 e.